The summed E-state index contributed by atoms with van der Waals surface area (Å²) in [5.74, 6) is 0.289. The molecule has 4 heteroatoms. The number of carbonyl (C=O) groups excluding carboxylic acids is 1. The minimum absolute atomic E-state index is 0.0937. The van der Waals surface area contributed by atoms with Crippen molar-refractivity contribution in [1.82, 2.24) is 10.2 Å². The van der Waals surface area contributed by atoms with Crippen LogP contribution in [0.1, 0.15) is 66.2 Å². The lowest BCUT2D eigenvalue weighted by molar-refractivity contribution is -0.125. The first kappa shape index (κ1) is 21.4. The molecule has 0 aromatic carbocycles. The quantitative estimate of drug-likeness (QED) is 0.698. The molecule has 22 heavy (non-hydrogen) atoms. The summed E-state index contributed by atoms with van der Waals surface area (Å²) in [4.78, 5) is 14.2. The van der Waals surface area contributed by atoms with Gasteiger partial charge >= 0.3 is 0 Å². The van der Waals surface area contributed by atoms with Gasteiger partial charge in [-0.05, 0) is 52.1 Å². The second-order valence-electron chi connectivity index (χ2n) is 6.35. The molecule has 0 aromatic rings. The molecule has 1 amide bonds. The Hall–Kier alpha value is -0.610. The third kappa shape index (κ3) is 8.74. The van der Waals surface area contributed by atoms with Crippen molar-refractivity contribution in [3.05, 3.63) is 0 Å². The Morgan fingerprint density at radius 2 is 1.77 bits per heavy atom. The van der Waals surface area contributed by atoms with E-state index in [1.54, 1.807) is 7.11 Å². The van der Waals surface area contributed by atoms with Crippen LogP contribution in [0.4, 0.5) is 0 Å². The second-order valence-corrected chi connectivity index (χ2v) is 6.35. The van der Waals surface area contributed by atoms with Gasteiger partial charge in [-0.3, -0.25) is 4.79 Å². The van der Waals surface area contributed by atoms with Crippen LogP contribution in [-0.4, -0.2) is 50.2 Å². The Morgan fingerprint density at radius 3 is 2.27 bits per heavy atom. The lowest BCUT2D eigenvalue weighted by Gasteiger charge is -2.35. The first-order valence-corrected chi connectivity index (χ1v) is 9.04. The number of nitrogens with one attached hydrogen (secondary N) is 1. The average molecular weight is 315 g/mol. The van der Waals surface area contributed by atoms with E-state index < -0.39 is 0 Å². The molecule has 0 atom stereocenters. The molecule has 1 saturated carbocycles. The third-order valence-corrected chi connectivity index (χ3v) is 4.30. The number of amides is 1. The normalized spacial score (nSPS) is 21.5. The van der Waals surface area contributed by atoms with E-state index in [1.807, 2.05) is 27.7 Å². The summed E-state index contributed by atoms with van der Waals surface area (Å²) in [5, 5.41) is 3.16. The fourth-order valence-corrected chi connectivity index (χ4v) is 2.82. The van der Waals surface area contributed by atoms with Crippen molar-refractivity contribution in [2.45, 2.75) is 78.3 Å². The smallest absolute Gasteiger partial charge is 0.222 e. The molecule has 0 aromatic heterocycles. The Balaban J connectivity index is 0.00000211. The highest BCUT2D eigenvalue weighted by Gasteiger charge is 2.25. The summed E-state index contributed by atoms with van der Waals surface area (Å²) in [6.07, 6.45) is 6.97. The zero-order chi connectivity index (χ0) is 17.0. The summed E-state index contributed by atoms with van der Waals surface area (Å²) in [6.45, 7) is 9.92. The number of nitrogens with zero attached hydrogens (tertiary/aromatic N) is 1. The molecular weight excluding hydrogens is 276 g/mol. The van der Waals surface area contributed by atoms with Crippen molar-refractivity contribution in [2.75, 3.05) is 27.3 Å². The van der Waals surface area contributed by atoms with Gasteiger partial charge < -0.3 is 15.0 Å². The zero-order valence-corrected chi connectivity index (χ0v) is 15.7. The lowest BCUT2D eigenvalue weighted by atomic mass is 9.90. The Labute approximate surface area is 138 Å². The average Bonchev–Trinajstić information content (AvgIpc) is 2.54. The standard InChI is InChI=1S/C16H32N2O2.C2H6/c1-13(2)16(19)17-14-7-9-15(10-8-14)18(3)11-5-6-12-20-4;1-2/h13-15H,5-12H2,1-4H3,(H,17,19);1-2H3. The molecule has 0 bridgehead atoms. The lowest BCUT2D eigenvalue weighted by Crippen LogP contribution is -2.44. The van der Waals surface area contributed by atoms with E-state index in [2.05, 4.69) is 17.3 Å². The Morgan fingerprint density at radius 1 is 1.18 bits per heavy atom. The molecule has 132 valence electrons. The molecule has 0 radical (unpaired) electrons. The summed E-state index contributed by atoms with van der Waals surface area (Å²) in [7, 11) is 3.99. The van der Waals surface area contributed by atoms with E-state index in [9.17, 15) is 4.79 Å². The number of carbonyl (C=O) groups is 1. The van der Waals surface area contributed by atoms with E-state index in [1.165, 1.54) is 19.3 Å². The van der Waals surface area contributed by atoms with Gasteiger partial charge in [0.1, 0.15) is 0 Å². The molecule has 1 N–H and O–H groups in total. The van der Waals surface area contributed by atoms with Crippen LogP contribution < -0.4 is 5.32 Å². The first-order chi connectivity index (χ1) is 10.5. The van der Waals surface area contributed by atoms with Crippen molar-refractivity contribution in [3.8, 4) is 0 Å². The highest BCUT2D eigenvalue weighted by atomic mass is 16.5. The molecule has 0 heterocycles. The maximum Gasteiger partial charge on any atom is 0.222 e. The summed E-state index contributed by atoms with van der Waals surface area (Å²) >= 11 is 0. The number of methoxy groups -OCH3 is 1. The maximum absolute atomic E-state index is 11.7. The van der Waals surface area contributed by atoms with Crippen molar-refractivity contribution < 1.29 is 9.53 Å². The van der Waals surface area contributed by atoms with Gasteiger partial charge in [-0.1, -0.05) is 27.7 Å². The SMILES string of the molecule is CC.COCCCCN(C)C1CCC(NC(=O)C(C)C)CC1. The molecule has 0 aliphatic heterocycles. The van der Waals surface area contributed by atoms with E-state index in [0.717, 1.165) is 32.4 Å². The minimum Gasteiger partial charge on any atom is -0.385 e. The topological polar surface area (TPSA) is 41.6 Å². The summed E-state index contributed by atoms with van der Waals surface area (Å²) in [5.41, 5.74) is 0. The van der Waals surface area contributed by atoms with Crippen LogP contribution in [0.25, 0.3) is 0 Å². The van der Waals surface area contributed by atoms with Gasteiger partial charge in [0.2, 0.25) is 5.91 Å². The Bertz CT molecular complexity index is 274. The maximum atomic E-state index is 11.7. The molecule has 1 fully saturated rings. The van der Waals surface area contributed by atoms with Crippen molar-refractivity contribution in [2.24, 2.45) is 5.92 Å². The largest absolute Gasteiger partial charge is 0.385 e. The highest BCUT2D eigenvalue weighted by molar-refractivity contribution is 5.78. The third-order valence-electron chi connectivity index (χ3n) is 4.30. The van der Waals surface area contributed by atoms with E-state index >= 15 is 0 Å². The van der Waals surface area contributed by atoms with E-state index in [-0.39, 0.29) is 11.8 Å². The van der Waals surface area contributed by atoms with Gasteiger partial charge in [0.05, 0.1) is 0 Å². The minimum atomic E-state index is 0.0937. The Kier molecular flexibility index (Phi) is 12.5. The predicted octanol–water partition coefficient (Wildman–Crippen LogP) is 3.45. The molecule has 4 nitrogen and oxygen atoms in total. The van der Waals surface area contributed by atoms with Crippen LogP contribution in [0.2, 0.25) is 0 Å². The first-order valence-electron chi connectivity index (χ1n) is 9.04. The van der Waals surface area contributed by atoms with Crippen LogP contribution in [0, 0.1) is 5.92 Å². The summed E-state index contributed by atoms with van der Waals surface area (Å²) < 4.78 is 5.08. The molecule has 0 saturated heterocycles. The van der Waals surface area contributed by atoms with Crippen LogP contribution in [0.3, 0.4) is 0 Å². The molecule has 0 unspecified atom stereocenters. The van der Waals surface area contributed by atoms with E-state index in [4.69, 9.17) is 4.74 Å². The second kappa shape index (κ2) is 12.9. The van der Waals surface area contributed by atoms with E-state index in [0.29, 0.717) is 12.1 Å². The van der Waals surface area contributed by atoms with Gasteiger partial charge in [0.25, 0.3) is 0 Å². The highest BCUT2D eigenvalue weighted by Crippen LogP contribution is 2.23. The monoisotopic (exact) mass is 314 g/mol. The predicted molar refractivity (Wildman–Crippen MR) is 94.1 cm³/mol. The van der Waals surface area contributed by atoms with Gasteiger partial charge in [0, 0.05) is 31.7 Å². The number of unbranched alkanes of at least 4 members (excludes halogenated alkanes) is 1. The van der Waals surface area contributed by atoms with Crippen LogP contribution >= 0.6 is 0 Å². The molecule has 1 aliphatic carbocycles. The number of rotatable bonds is 8. The fraction of sp³-hybridized carbons (Fsp3) is 0.944. The summed E-state index contributed by atoms with van der Waals surface area (Å²) in [6, 6.07) is 1.08. The van der Waals surface area contributed by atoms with Crippen molar-refractivity contribution >= 4 is 5.91 Å². The van der Waals surface area contributed by atoms with Crippen molar-refractivity contribution in [1.29, 1.82) is 0 Å². The number of hydrogen-bond acceptors (Lipinski definition) is 3. The van der Waals surface area contributed by atoms with Gasteiger partial charge in [-0.2, -0.15) is 0 Å². The van der Waals surface area contributed by atoms with Gasteiger partial charge in [-0.15, -0.1) is 0 Å². The number of hydrogen-bond donors (Lipinski definition) is 1. The molecular formula is C18H38N2O2. The van der Waals surface area contributed by atoms with Crippen LogP contribution in [0.15, 0.2) is 0 Å². The fourth-order valence-electron chi connectivity index (χ4n) is 2.82. The van der Waals surface area contributed by atoms with Gasteiger partial charge in [0.15, 0.2) is 0 Å². The van der Waals surface area contributed by atoms with Gasteiger partial charge in [-0.25, -0.2) is 0 Å². The number of ether oxygens (including phenoxy) is 1. The zero-order valence-electron chi connectivity index (χ0n) is 15.7. The van der Waals surface area contributed by atoms with Crippen LogP contribution in [0.5, 0.6) is 0 Å². The molecule has 1 aliphatic rings. The molecule has 1 rings (SSSR count). The van der Waals surface area contributed by atoms with Crippen molar-refractivity contribution in [3.63, 3.8) is 0 Å². The molecule has 0 spiro atoms. The van der Waals surface area contributed by atoms with Crippen LogP contribution in [-0.2, 0) is 9.53 Å².